The molecule has 0 saturated carbocycles. The van der Waals surface area contributed by atoms with E-state index < -0.39 is 0 Å². The number of terminal acetylenes is 1. The quantitative estimate of drug-likeness (QED) is 0.575. The zero-order chi connectivity index (χ0) is 10.6. The standard InChI is InChI=1S/C10H12N2O2/c1-4-5-6-11-10(13)9-7(2)12-14-8(9)3/h1H,5-6H2,2-3H3,(H,11,13). The number of nitrogens with one attached hydrogen (secondary N) is 1. The molecule has 0 atom stereocenters. The van der Waals surface area contributed by atoms with E-state index in [0.29, 0.717) is 30.0 Å². The molecule has 0 saturated heterocycles. The molecule has 0 fully saturated rings. The average molecular weight is 192 g/mol. The zero-order valence-electron chi connectivity index (χ0n) is 8.26. The van der Waals surface area contributed by atoms with E-state index in [-0.39, 0.29) is 5.91 Å². The van der Waals surface area contributed by atoms with Crippen molar-refractivity contribution in [3.05, 3.63) is 17.0 Å². The highest BCUT2D eigenvalue weighted by molar-refractivity contribution is 5.96. The van der Waals surface area contributed by atoms with Gasteiger partial charge in [0.25, 0.3) is 5.91 Å². The topological polar surface area (TPSA) is 55.1 Å². The second kappa shape index (κ2) is 4.47. The first-order valence-corrected chi connectivity index (χ1v) is 4.31. The van der Waals surface area contributed by atoms with Crippen LogP contribution in [0, 0.1) is 26.2 Å². The van der Waals surface area contributed by atoms with Crippen LogP contribution >= 0.6 is 0 Å². The van der Waals surface area contributed by atoms with Gasteiger partial charge in [-0.3, -0.25) is 4.79 Å². The normalized spacial score (nSPS) is 9.50. The molecular formula is C10H12N2O2. The number of carbonyl (C=O) groups excluding carboxylic acids is 1. The molecule has 0 bridgehead atoms. The maximum absolute atomic E-state index is 11.5. The van der Waals surface area contributed by atoms with Crippen molar-refractivity contribution in [1.82, 2.24) is 10.5 Å². The highest BCUT2D eigenvalue weighted by Crippen LogP contribution is 2.11. The second-order valence-corrected chi connectivity index (χ2v) is 2.91. The molecular weight excluding hydrogens is 180 g/mol. The van der Waals surface area contributed by atoms with E-state index in [2.05, 4.69) is 16.4 Å². The maximum Gasteiger partial charge on any atom is 0.256 e. The van der Waals surface area contributed by atoms with Gasteiger partial charge >= 0.3 is 0 Å². The summed E-state index contributed by atoms with van der Waals surface area (Å²) in [6, 6.07) is 0. The lowest BCUT2D eigenvalue weighted by molar-refractivity contribution is 0.0952. The van der Waals surface area contributed by atoms with E-state index in [1.165, 1.54) is 0 Å². The summed E-state index contributed by atoms with van der Waals surface area (Å²) in [5, 5.41) is 6.38. The summed E-state index contributed by atoms with van der Waals surface area (Å²) in [5.41, 5.74) is 1.10. The lowest BCUT2D eigenvalue weighted by Crippen LogP contribution is -2.25. The third kappa shape index (κ3) is 2.13. The molecule has 0 aliphatic heterocycles. The van der Waals surface area contributed by atoms with E-state index in [1.54, 1.807) is 13.8 Å². The van der Waals surface area contributed by atoms with Crippen molar-refractivity contribution in [1.29, 1.82) is 0 Å². The van der Waals surface area contributed by atoms with Crippen molar-refractivity contribution in [2.75, 3.05) is 6.54 Å². The third-order valence-electron chi connectivity index (χ3n) is 1.82. The Morgan fingerprint density at radius 1 is 1.64 bits per heavy atom. The number of amides is 1. The highest BCUT2D eigenvalue weighted by Gasteiger charge is 2.16. The Labute approximate surface area is 82.7 Å². The van der Waals surface area contributed by atoms with Crippen molar-refractivity contribution < 1.29 is 9.32 Å². The van der Waals surface area contributed by atoms with Gasteiger partial charge in [-0.2, -0.15) is 0 Å². The van der Waals surface area contributed by atoms with Crippen molar-refractivity contribution in [2.45, 2.75) is 20.3 Å². The molecule has 0 aromatic carbocycles. The van der Waals surface area contributed by atoms with E-state index in [4.69, 9.17) is 10.9 Å². The predicted molar refractivity (Wildman–Crippen MR) is 51.8 cm³/mol. The summed E-state index contributed by atoms with van der Waals surface area (Å²) in [6.45, 7) is 3.90. The molecule has 1 aromatic heterocycles. The Morgan fingerprint density at radius 3 is 2.86 bits per heavy atom. The van der Waals surface area contributed by atoms with Gasteiger partial charge in [-0.05, 0) is 13.8 Å². The molecule has 4 nitrogen and oxygen atoms in total. The molecule has 4 heteroatoms. The first kappa shape index (κ1) is 10.3. The maximum atomic E-state index is 11.5. The molecule has 0 radical (unpaired) electrons. The molecule has 1 heterocycles. The number of rotatable bonds is 3. The fourth-order valence-corrected chi connectivity index (χ4v) is 1.14. The van der Waals surface area contributed by atoms with E-state index >= 15 is 0 Å². The Balaban J connectivity index is 2.66. The molecule has 0 aliphatic rings. The van der Waals surface area contributed by atoms with Crippen molar-refractivity contribution in [3.8, 4) is 12.3 Å². The Bertz CT molecular complexity index is 354. The minimum atomic E-state index is -0.184. The third-order valence-corrected chi connectivity index (χ3v) is 1.82. The summed E-state index contributed by atoms with van der Waals surface area (Å²) in [7, 11) is 0. The molecule has 14 heavy (non-hydrogen) atoms. The van der Waals surface area contributed by atoms with Crippen LogP contribution in [0.4, 0.5) is 0 Å². The number of aryl methyl sites for hydroxylation is 2. The summed E-state index contributed by atoms with van der Waals surface area (Å²) in [5.74, 6) is 2.79. The minimum absolute atomic E-state index is 0.184. The number of nitrogens with zero attached hydrogens (tertiary/aromatic N) is 1. The van der Waals surface area contributed by atoms with Crippen molar-refractivity contribution >= 4 is 5.91 Å². The SMILES string of the molecule is C#CCCNC(=O)c1c(C)noc1C. The lowest BCUT2D eigenvalue weighted by atomic mass is 10.2. The second-order valence-electron chi connectivity index (χ2n) is 2.91. The summed E-state index contributed by atoms with van der Waals surface area (Å²) >= 11 is 0. The average Bonchev–Trinajstić information content (AvgIpc) is 2.46. The summed E-state index contributed by atoms with van der Waals surface area (Å²) < 4.78 is 4.87. The largest absolute Gasteiger partial charge is 0.361 e. The van der Waals surface area contributed by atoms with E-state index in [0.717, 1.165) is 0 Å². The van der Waals surface area contributed by atoms with Gasteiger partial charge in [0.1, 0.15) is 11.3 Å². The van der Waals surface area contributed by atoms with Crippen LogP contribution in [0.2, 0.25) is 0 Å². The zero-order valence-corrected chi connectivity index (χ0v) is 8.26. The Kier molecular flexibility index (Phi) is 3.29. The predicted octanol–water partition coefficient (Wildman–Crippen LogP) is 1.04. The minimum Gasteiger partial charge on any atom is -0.361 e. The molecule has 0 spiro atoms. The fourth-order valence-electron chi connectivity index (χ4n) is 1.14. The van der Waals surface area contributed by atoms with Gasteiger partial charge < -0.3 is 9.84 Å². The number of carbonyl (C=O) groups is 1. The van der Waals surface area contributed by atoms with Crippen LogP contribution in [-0.4, -0.2) is 17.6 Å². The fraction of sp³-hybridized carbons (Fsp3) is 0.400. The van der Waals surface area contributed by atoms with Gasteiger partial charge in [0.05, 0.1) is 5.69 Å². The number of hydrogen-bond acceptors (Lipinski definition) is 3. The van der Waals surface area contributed by atoms with E-state index in [9.17, 15) is 4.79 Å². The lowest BCUT2D eigenvalue weighted by Gasteiger charge is -2.01. The molecule has 1 aromatic rings. The van der Waals surface area contributed by atoms with Crippen LogP contribution < -0.4 is 5.32 Å². The van der Waals surface area contributed by atoms with Crippen molar-refractivity contribution in [2.24, 2.45) is 0 Å². The van der Waals surface area contributed by atoms with Crippen LogP contribution in [0.25, 0.3) is 0 Å². The molecule has 1 rings (SSSR count). The molecule has 0 unspecified atom stereocenters. The molecule has 1 N–H and O–H groups in total. The first-order chi connectivity index (χ1) is 6.66. The van der Waals surface area contributed by atoms with Crippen LogP contribution in [0.1, 0.15) is 28.2 Å². The van der Waals surface area contributed by atoms with Gasteiger partial charge in [0.15, 0.2) is 0 Å². The van der Waals surface area contributed by atoms with Gasteiger partial charge in [-0.25, -0.2) is 0 Å². The van der Waals surface area contributed by atoms with Crippen LogP contribution in [0.15, 0.2) is 4.52 Å². The van der Waals surface area contributed by atoms with Crippen LogP contribution in [0.3, 0.4) is 0 Å². The van der Waals surface area contributed by atoms with E-state index in [1.807, 2.05) is 0 Å². The molecule has 74 valence electrons. The van der Waals surface area contributed by atoms with Gasteiger partial charge in [0.2, 0.25) is 0 Å². The Morgan fingerprint density at radius 2 is 2.36 bits per heavy atom. The first-order valence-electron chi connectivity index (χ1n) is 4.31. The van der Waals surface area contributed by atoms with Gasteiger partial charge in [-0.15, -0.1) is 12.3 Å². The van der Waals surface area contributed by atoms with Crippen LogP contribution in [0.5, 0.6) is 0 Å². The van der Waals surface area contributed by atoms with Crippen LogP contribution in [-0.2, 0) is 0 Å². The van der Waals surface area contributed by atoms with Gasteiger partial charge in [0, 0.05) is 13.0 Å². The smallest absolute Gasteiger partial charge is 0.256 e. The highest BCUT2D eigenvalue weighted by atomic mass is 16.5. The number of aromatic nitrogens is 1. The monoisotopic (exact) mass is 192 g/mol. The van der Waals surface area contributed by atoms with Crippen molar-refractivity contribution in [3.63, 3.8) is 0 Å². The number of hydrogen-bond donors (Lipinski definition) is 1. The molecule has 1 amide bonds. The van der Waals surface area contributed by atoms with Gasteiger partial charge in [-0.1, -0.05) is 5.16 Å². The summed E-state index contributed by atoms with van der Waals surface area (Å²) in [6.07, 6.45) is 5.58. The summed E-state index contributed by atoms with van der Waals surface area (Å²) in [4.78, 5) is 11.5. The molecule has 0 aliphatic carbocycles. The Hall–Kier alpha value is -1.76.